The van der Waals surface area contributed by atoms with Crippen molar-refractivity contribution in [1.29, 1.82) is 0 Å². The van der Waals surface area contributed by atoms with Crippen LogP contribution >= 0.6 is 0 Å². The van der Waals surface area contributed by atoms with E-state index in [1.54, 1.807) is 0 Å². The zero-order valence-corrected chi connectivity index (χ0v) is 21.2. The summed E-state index contributed by atoms with van der Waals surface area (Å²) in [7, 11) is -3.36. The van der Waals surface area contributed by atoms with Crippen molar-refractivity contribution >= 4 is 21.6 Å². The quantitative estimate of drug-likeness (QED) is 0.533. The first kappa shape index (κ1) is 22.2. The van der Waals surface area contributed by atoms with Gasteiger partial charge in [0.25, 0.3) is 0 Å². The van der Waals surface area contributed by atoms with Gasteiger partial charge in [-0.3, -0.25) is 0 Å². The molecule has 1 aliphatic carbocycles. The van der Waals surface area contributed by atoms with Crippen molar-refractivity contribution < 1.29 is 13.9 Å². The van der Waals surface area contributed by atoms with Crippen molar-refractivity contribution in [1.82, 2.24) is 0 Å². The fraction of sp³-hybridized carbons (Fsp3) is 0.739. The second kappa shape index (κ2) is 7.66. The molecule has 0 aromatic heterocycles. The van der Waals surface area contributed by atoms with E-state index in [-0.39, 0.29) is 17.4 Å². The predicted octanol–water partition coefficient (Wildman–Crippen LogP) is 6.33. The van der Waals surface area contributed by atoms with Crippen LogP contribution in [0.15, 0.2) is 24.3 Å². The molecule has 1 spiro atoms. The lowest BCUT2D eigenvalue weighted by Crippen LogP contribution is -2.45. The lowest BCUT2D eigenvalue weighted by atomic mass is 9.94. The van der Waals surface area contributed by atoms with E-state index in [2.05, 4.69) is 77.8 Å². The van der Waals surface area contributed by atoms with E-state index in [1.807, 2.05) is 0 Å². The molecule has 3 nitrogen and oxygen atoms in total. The molecule has 0 amide bonds. The highest BCUT2D eigenvalue weighted by molar-refractivity contribution is 6.88. The van der Waals surface area contributed by atoms with Crippen LogP contribution in [0.2, 0.25) is 37.8 Å². The van der Waals surface area contributed by atoms with Gasteiger partial charge in [-0.2, -0.15) is 0 Å². The van der Waals surface area contributed by atoms with Gasteiger partial charge >= 0.3 is 0 Å². The van der Waals surface area contributed by atoms with Gasteiger partial charge in [-0.1, -0.05) is 76.3 Å². The highest BCUT2D eigenvalue weighted by Gasteiger charge is 2.52. The van der Waals surface area contributed by atoms with Gasteiger partial charge in [0.15, 0.2) is 20.4 Å². The molecule has 3 rings (SSSR count). The molecule has 1 aromatic rings. The van der Waals surface area contributed by atoms with E-state index < -0.39 is 22.2 Å². The largest absolute Gasteiger partial charge is 0.390 e. The summed E-state index contributed by atoms with van der Waals surface area (Å²) in [6.45, 7) is 18.6. The lowest BCUT2D eigenvalue weighted by molar-refractivity contribution is -0.212. The number of hydrogen-bond acceptors (Lipinski definition) is 3. The molecule has 1 heterocycles. The van der Waals surface area contributed by atoms with Crippen molar-refractivity contribution in [2.75, 3.05) is 0 Å². The fourth-order valence-corrected chi connectivity index (χ4v) is 6.18. The highest BCUT2D eigenvalue weighted by Crippen LogP contribution is 2.48. The first-order valence-corrected chi connectivity index (χ1v) is 17.4. The monoisotopic (exact) mass is 420 g/mol. The summed E-state index contributed by atoms with van der Waals surface area (Å²) in [6.07, 6.45) is 5.14. The molecule has 1 saturated heterocycles. The van der Waals surface area contributed by atoms with Crippen molar-refractivity contribution in [2.45, 2.75) is 109 Å². The van der Waals surface area contributed by atoms with Crippen LogP contribution in [0.3, 0.4) is 0 Å². The Morgan fingerprint density at radius 1 is 0.964 bits per heavy atom. The van der Waals surface area contributed by atoms with Crippen LogP contribution in [0.25, 0.3) is 0 Å². The number of benzene rings is 1. The topological polar surface area (TPSA) is 27.7 Å². The molecular formula is C23H40O3Si2. The van der Waals surface area contributed by atoms with Gasteiger partial charge in [0.05, 0.1) is 8.07 Å². The van der Waals surface area contributed by atoms with Gasteiger partial charge in [-0.25, -0.2) is 0 Å². The average molecular weight is 421 g/mol. The van der Waals surface area contributed by atoms with E-state index in [1.165, 1.54) is 30.0 Å². The van der Waals surface area contributed by atoms with Crippen LogP contribution in [0, 0.1) is 0 Å². The third-order valence-corrected chi connectivity index (χ3v) is 13.3. The number of ether oxygens (including phenoxy) is 2. The van der Waals surface area contributed by atoms with Gasteiger partial charge in [0, 0.05) is 12.8 Å². The Morgan fingerprint density at radius 2 is 1.61 bits per heavy atom. The minimum absolute atomic E-state index is 0.136. The Labute approximate surface area is 174 Å². The van der Waals surface area contributed by atoms with Crippen LogP contribution in [0.1, 0.15) is 64.5 Å². The average Bonchev–Trinajstić information content (AvgIpc) is 2.91. The molecule has 0 N–H and O–H groups in total. The third-order valence-electron chi connectivity index (χ3n) is 6.83. The van der Waals surface area contributed by atoms with Gasteiger partial charge < -0.3 is 13.9 Å². The van der Waals surface area contributed by atoms with E-state index in [0.717, 1.165) is 12.8 Å². The minimum Gasteiger partial charge on any atom is -0.390 e. The standard InChI is InChI=1S/C23H40O3Si2/c1-22(2,3)28(7,8)26-21-20(24-23(25-21)15-10-9-11-16-23)18-13-12-14-19(17-18)27(4,5)6/h12-14,17,20-21H,9-11,15-16H2,1-8H3/t20-,21-/m0/s1. The zero-order chi connectivity index (χ0) is 20.8. The van der Waals surface area contributed by atoms with Crippen LogP contribution in [-0.2, 0) is 13.9 Å². The molecule has 2 fully saturated rings. The summed E-state index contributed by atoms with van der Waals surface area (Å²) in [5, 5.41) is 1.60. The second-order valence-corrected chi connectivity index (χ2v) is 21.1. The maximum Gasteiger partial charge on any atom is 0.195 e. The highest BCUT2D eigenvalue weighted by atomic mass is 28.4. The van der Waals surface area contributed by atoms with Crippen LogP contribution in [-0.4, -0.2) is 28.5 Å². The Kier molecular flexibility index (Phi) is 6.08. The molecule has 1 aliphatic heterocycles. The van der Waals surface area contributed by atoms with Gasteiger partial charge in [0.2, 0.25) is 0 Å². The molecule has 0 radical (unpaired) electrons. The summed E-state index contributed by atoms with van der Waals surface area (Å²) in [5.74, 6) is -0.453. The molecule has 1 aromatic carbocycles. The first-order valence-electron chi connectivity index (χ1n) is 11.0. The molecule has 0 bridgehead atoms. The predicted molar refractivity (Wildman–Crippen MR) is 122 cm³/mol. The fourth-order valence-electron chi connectivity index (χ4n) is 3.87. The van der Waals surface area contributed by atoms with E-state index in [4.69, 9.17) is 13.9 Å². The SMILES string of the molecule is CC(C)(C)[Si](C)(C)O[C@@H]1OC2(CCCCC2)O[C@H]1c1cccc([Si](C)(C)C)c1. The van der Waals surface area contributed by atoms with E-state index in [9.17, 15) is 0 Å². The normalized spacial score (nSPS) is 26.0. The molecule has 2 aliphatic rings. The molecule has 1 saturated carbocycles. The molecule has 158 valence electrons. The number of rotatable bonds is 4. The maximum atomic E-state index is 6.79. The van der Waals surface area contributed by atoms with Crippen molar-refractivity contribution in [3.63, 3.8) is 0 Å². The van der Waals surface area contributed by atoms with Crippen LogP contribution in [0.4, 0.5) is 0 Å². The minimum atomic E-state index is -1.97. The molecule has 2 atom stereocenters. The summed E-state index contributed by atoms with van der Waals surface area (Å²) >= 11 is 0. The Balaban J connectivity index is 1.93. The summed E-state index contributed by atoms with van der Waals surface area (Å²) in [5.41, 5.74) is 1.21. The molecule has 28 heavy (non-hydrogen) atoms. The summed E-state index contributed by atoms with van der Waals surface area (Å²) in [4.78, 5) is 0. The van der Waals surface area contributed by atoms with Crippen LogP contribution < -0.4 is 5.19 Å². The Hall–Kier alpha value is -0.466. The Morgan fingerprint density at radius 3 is 2.18 bits per heavy atom. The number of hydrogen-bond donors (Lipinski definition) is 0. The smallest absolute Gasteiger partial charge is 0.195 e. The lowest BCUT2D eigenvalue weighted by Gasteiger charge is -2.39. The van der Waals surface area contributed by atoms with E-state index in [0.29, 0.717) is 0 Å². The maximum absolute atomic E-state index is 6.79. The Bertz CT molecular complexity index is 682. The summed E-state index contributed by atoms with van der Waals surface area (Å²) in [6, 6.07) is 9.00. The van der Waals surface area contributed by atoms with Gasteiger partial charge in [-0.05, 0) is 36.5 Å². The first-order chi connectivity index (χ1) is 12.8. The third kappa shape index (κ3) is 4.64. The van der Waals surface area contributed by atoms with Crippen molar-refractivity contribution in [3.05, 3.63) is 29.8 Å². The summed E-state index contributed by atoms with van der Waals surface area (Å²) < 4.78 is 20.1. The zero-order valence-electron chi connectivity index (χ0n) is 19.2. The molecule has 5 heteroatoms. The molecular weight excluding hydrogens is 380 g/mol. The second-order valence-electron chi connectivity index (χ2n) is 11.2. The molecule has 0 unspecified atom stereocenters. The van der Waals surface area contributed by atoms with Crippen molar-refractivity contribution in [2.24, 2.45) is 0 Å². The van der Waals surface area contributed by atoms with Crippen molar-refractivity contribution in [3.8, 4) is 0 Å². The van der Waals surface area contributed by atoms with Crippen LogP contribution in [0.5, 0.6) is 0 Å². The van der Waals surface area contributed by atoms with E-state index >= 15 is 0 Å². The van der Waals surface area contributed by atoms with Gasteiger partial charge in [-0.15, -0.1) is 0 Å². The van der Waals surface area contributed by atoms with Gasteiger partial charge in [0.1, 0.15) is 6.10 Å².